The van der Waals surface area contributed by atoms with Gasteiger partial charge in [0.05, 0.1) is 30.3 Å². The zero-order chi connectivity index (χ0) is 23.1. The Hall–Kier alpha value is -3.40. The van der Waals surface area contributed by atoms with Crippen molar-refractivity contribution in [3.8, 4) is 11.5 Å². The van der Waals surface area contributed by atoms with Crippen LogP contribution in [0.1, 0.15) is 0 Å². The molecule has 0 unspecified atom stereocenters. The molecule has 0 saturated carbocycles. The Morgan fingerprint density at radius 2 is 1.58 bits per heavy atom. The summed E-state index contributed by atoms with van der Waals surface area (Å²) in [4.78, 5) is 12.7. The van der Waals surface area contributed by atoms with Gasteiger partial charge in [0.15, 0.2) is 5.75 Å². The molecule has 0 aromatic heterocycles. The molecule has 4 rings (SSSR count). The number of anilines is 2. The van der Waals surface area contributed by atoms with Crippen molar-refractivity contribution in [1.29, 1.82) is 0 Å². The molecule has 1 heterocycles. The van der Waals surface area contributed by atoms with E-state index in [-0.39, 0.29) is 17.3 Å². The molecule has 1 amide bonds. The average molecular weight is 468 g/mol. The number of morpholine rings is 1. The molecule has 1 aliphatic rings. The van der Waals surface area contributed by atoms with Crippen molar-refractivity contribution < 1.29 is 22.7 Å². The molecule has 33 heavy (non-hydrogen) atoms. The van der Waals surface area contributed by atoms with E-state index in [0.717, 1.165) is 0 Å². The Bertz CT molecular complexity index is 1180. The Balaban J connectivity index is 1.34. The number of nitrogens with one attached hydrogen (secondary N) is 2. The van der Waals surface area contributed by atoms with Crippen LogP contribution in [0.25, 0.3) is 0 Å². The van der Waals surface area contributed by atoms with Gasteiger partial charge in [-0.05, 0) is 48.5 Å². The second-order valence-corrected chi connectivity index (χ2v) is 9.29. The lowest BCUT2D eigenvalue weighted by atomic mass is 10.2. The summed E-state index contributed by atoms with van der Waals surface area (Å²) in [6, 6.07) is 22.9. The zero-order valence-electron chi connectivity index (χ0n) is 17.9. The van der Waals surface area contributed by atoms with Gasteiger partial charge >= 0.3 is 0 Å². The lowest BCUT2D eigenvalue weighted by Crippen LogP contribution is -2.40. The van der Waals surface area contributed by atoms with Crippen molar-refractivity contribution in [2.45, 2.75) is 4.90 Å². The minimum atomic E-state index is -3.55. The summed E-state index contributed by atoms with van der Waals surface area (Å²) in [5.74, 6) is 0.947. The second-order valence-electron chi connectivity index (χ2n) is 7.35. The van der Waals surface area contributed by atoms with Crippen molar-refractivity contribution in [3.63, 3.8) is 0 Å². The van der Waals surface area contributed by atoms with Crippen LogP contribution in [0.4, 0.5) is 11.4 Å². The third-order valence-corrected chi connectivity index (χ3v) is 6.96. The van der Waals surface area contributed by atoms with Crippen LogP contribution in [0.15, 0.2) is 83.8 Å². The third-order valence-electron chi connectivity index (χ3n) is 5.05. The number of sulfonamides is 1. The van der Waals surface area contributed by atoms with Gasteiger partial charge in [0.2, 0.25) is 15.9 Å². The van der Waals surface area contributed by atoms with Gasteiger partial charge in [0, 0.05) is 18.8 Å². The van der Waals surface area contributed by atoms with Crippen LogP contribution in [0.5, 0.6) is 11.5 Å². The van der Waals surface area contributed by atoms with Gasteiger partial charge in [-0.25, -0.2) is 8.42 Å². The summed E-state index contributed by atoms with van der Waals surface area (Å²) in [6.45, 7) is 1.49. The van der Waals surface area contributed by atoms with E-state index in [4.69, 9.17) is 9.47 Å². The second kappa shape index (κ2) is 10.5. The molecule has 0 atom stereocenters. The number of hydrogen-bond donors (Lipinski definition) is 2. The van der Waals surface area contributed by atoms with Gasteiger partial charge in [-0.15, -0.1) is 0 Å². The highest BCUT2D eigenvalue weighted by molar-refractivity contribution is 7.89. The van der Waals surface area contributed by atoms with Crippen LogP contribution in [0.3, 0.4) is 0 Å². The molecule has 1 saturated heterocycles. The predicted molar refractivity (Wildman–Crippen MR) is 126 cm³/mol. The molecule has 0 bridgehead atoms. The Morgan fingerprint density at radius 3 is 2.30 bits per heavy atom. The minimum absolute atomic E-state index is 0.00916. The zero-order valence-corrected chi connectivity index (χ0v) is 18.8. The molecule has 8 nitrogen and oxygen atoms in total. The van der Waals surface area contributed by atoms with Gasteiger partial charge in [-0.3, -0.25) is 4.79 Å². The first-order valence-electron chi connectivity index (χ1n) is 10.6. The van der Waals surface area contributed by atoms with Gasteiger partial charge in [0.1, 0.15) is 5.75 Å². The van der Waals surface area contributed by atoms with E-state index < -0.39 is 10.0 Å². The molecular weight excluding hydrogens is 442 g/mol. The molecular formula is C24H25N3O5S. The molecule has 0 aliphatic carbocycles. The van der Waals surface area contributed by atoms with E-state index in [9.17, 15) is 13.2 Å². The van der Waals surface area contributed by atoms with Crippen LogP contribution in [-0.4, -0.2) is 51.5 Å². The molecule has 2 N–H and O–H groups in total. The molecule has 9 heteroatoms. The van der Waals surface area contributed by atoms with Crippen molar-refractivity contribution in [1.82, 2.24) is 4.31 Å². The number of hydrogen-bond acceptors (Lipinski definition) is 6. The molecule has 1 aliphatic heterocycles. The first-order valence-corrected chi connectivity index (χ1v) is 12.0. The van der Waals surface area contributed by atoms with E-state index in [1.807, 2.05) is 42.5 Å². The SMILES string of the molecule is O=C(CNc1ccc(S(=O)(=O)N2CCOCC2)cc1)Nc1ccccc1Oc1ccccc1. The Kier molecular flexibility index (Phi) is 7.23. The van der Waals surface area contributed by atoms with Gasteiger partial charge in [0.25, 0.3) is 0 Å². The van der Waals surface area contributed by atoms with Crippen LogP contribution in [0.2, 0.25) is 0 Å². The maximum Gasteiger partial charge on any atom is 0.243 e. The van der Waals surface area contributed by atoms with Crippen LogP contribution < -0.4 is 15.4 Å². The standard InChI is InChI=1S/C24H25N3O5S/c28-24(26-22-8-4-5-9-23(22)32-20-6-2-1-3-7-20)18-25-19-10-12-21(13-11-19)33(29,30)27-14-16-31-17-15-27/h1-13,25H,14-18H2,(H,26,28). The van der Waals surface area contributed by atoms with Crippen molar-refractivity contribution >= 4 is 27.3 Å². The van der Waals surface area contributed by atoms with Crippen LogP contribution in [0, 0.1) is 0 Å². The lowest BCUT2D eigenvalue weighted by molar-refractivity contribution is -0.114. The summed E-state index contributed by atoms with van der Waals surface area (Å²) in [5.41, 5.74) is 1.19. The van der Waals surface area contributed by atoms with Crippen molar-refractivity contribution in [2.24, 2.45) is 0 Å². The fourth-order valence-corrected chi connectivity index (χ4v) is 4.74. The highest BCUT2D eigenvalue weighted by Gasteiger charge is 2.26. The first-order chi connectivity index (χ1) is 16.0. The quantitative estimate of drug-likeness (QED) is 0.526. The summed E-state index contributed by atoms with van der Waals surface area (Å²) in [7, 11) is -3.55. The monoisotopic (exact) mass is 467 g/mol. The maximum absolute atomic E-state index is 12.7. The Labute approximate surface area is 193 Å². The average Bonchev–Trinajstić information content (AvgIpc) is 2.85. The minimum Gasteiger partial charge on any atom is -0.455 e. The van der Waals surface area contributed by atoms with Crippen LogP contribution in [-0.2, 0) is 19.6 Å². The third kappa shape index (κ3) is 5.89. The highest BCUT2D eigenvalue weighted by atomic mass is 32.2. The van der Waals surface area contributed by atoms with Gasteiger partial charge < -0.3 is 20.1 Å². The van der Waals surface area contributed by atoms with E-state index in [1.165, 1.54) is 16.4 Å². The normalized spacial score (nSPS) is 14.4. The van der Waals surface area contributed by atoms with Crippen LogP contribution >= 0.6 is 0 Å². The number of rotatable bonds is 8. The smallest absolute Gasteiger partial charge is 0.243 e. The summed E-state index contributed by atoms with van der Waals surface area (Å²) in [6.07, 6.45) is 0. The number of carbonyl (C=O) groups is 1. The van der Waals surface area contributed by atoms with E-state index in [2.05, 4.69) is 10.6 Å². The van der Waals surface area contributed by atoms with Crippen molar-refractivity contribution in [2.75, 3.05) is 43.5 Å². The first kappa shape index (κ1) is 22.8. The molecule has 0 radical (unpaired) electrons. The molecule has 3 aromatic carbocycles. The number of amides is 1. The van der Waals surface area contributed by atoms with Gasteiger partial charge in [-0.2, -0.15) is 4.31 Å². The summed E-state index contributed by atoms with van der Waals surface area (Å²) >= 11 is 0. The lowest BCUT2D eigenvalue weighted by Gasteiger charge is -2.26. The number of benzene rings is 3. The molecule has 3 aromatic rings. The highest BCUT2D eigenvalue weighted by Crippen LogP contribution is 2.29. The van der Waals surface area contributed by atoms with Crippen molar-refractivity contribution in [3.05, 3.63) is 78.9 Å². The predicted octanol–water partition coefficient (Wildman–Crippen LogP) is 3.55. The fourth-order valence-electron chi connectivity index (χ4n) is 3.33. The number of para-hydroxylation sites is 3. The fraction of sp³-hybridized carbons (Fsp3) is 0.208. The van der Waals surface area contributed by atoms with Gasteiger partial charge in [-0.1, -0.05) is 30.3 Å². The van der Waals surface area contributed by atoms with E-state index >= 15 is 0 Å². The van der Waals surface area contributed by atoms with E-state index in [1.54, 1.807) is 24.3 Å². The number of carbonyl (C=O) groups excluding carboxylic acids is 1. The largest absolute Gasteiger partial charge is 0.455 e. The summed E-state index contributed by atoms with van der Waals surface area (Å²) in [5, 5.41) is 5.85. The summed E-state index contributed by atoms with van der Waals surface area (Å²) < 4.78 is 37.9. The maximum atomic E-state index is 12.7. The topological polar surface area (TPSA) is 97.0 Å². The molecule has 172 valence electrons. The Morgan fingerprint density at radius 1 is 0.909 bits per heavy atom. The van der Waals surface area contributed by atoms with E-state index in [0.29, 0.717) is 49.2 Å². The number of nitrogens with zero attached hydrogens (tertiary/aromatic N) is 1. The molecule has 0 spiro atoms. The number of ether oxygens (including phenoxy) is 2. The molecule has 1 fully saturated rings.